The van der Waals surface area contributed by atoms with Crippen molar-refractivity contribution in [2.45, 2.75) is 6.42 Å². The van der Waals surface area contributed by atoms with Crippen LogP contribution in [-0.4, -0.2) is 23.3 Å². The molecule has 0 saturated carbocycles. The third-order valence-electron chi connectivity index (χ3n) is 4.30. The number of imide groups is 1. The number of rotatable bonds is 1. The monoisotopic (exact) mass is 301 g/mol. The maximum Gasteiger partial charge on any atom is 0.254 e. The standard InChI is InChI=1S/C20H15NO2/c22-19-11-5-6-12-21(19)20(23)13-18-16-9-3-1-7-14(16)15-8-2-4-10-17(15)18/h1-5,7-11,13H,6,12H2. The Morgan fingerprint density at radius 2 is 1.48 bits per heavy atom. The molecule has 3 heteroatoms. The minimum Gasteiger partial charge on any atom is -0.275 e. The number of hydrogen-bond acceptors (Lipinski definition) is 2. The molecule has 0 bridgehead atoms. The molecule has 0 radical (unpaired) electrons. The van der Waals surface area contributed by atoms with E-state index in [4.69, 9.17) is 0 Å². The Morgan fingerprint density at radius 3 is 2.04 bits per heavy atom. The number of fused-ring (bicyclic) bond motifs is 3. The summed E-state index contributed by atoms with van der Waals surface area (Å²) in [5.41, 5.74) is 5.24. The normalized spacial score (nSPS) is 15.4. The van der Waals surface area contributed by atoms with E-state index in [0.29, 0.717) is 13.0 Å². The second-order valence-corrected chi connectivity index (χ2v) is 5.67. The summed E-state index contributed by atoms with van der Waals surface area (Å²) < 4.78 is 0. The lowest BCUT2D eigenvalue weighted by Gasteiger charge is -2.20. The van der Waals surface area contributed by atoms with Crippen molar-refractivity contribution < 1.29 is 9.59 Å². The highest BCUT2D eigenvalue weighted by atomic mass is 16.2. The van der Waals surface area contributed by atoms with Crippen LogP contribution >= 0.6 is 0 Å². The fourth-order valence-corrected chi connectivity index (χ4v) is 3.21. The molecule has 112 valence electrons. The van der Waals surface area contributed by atoms with Crippen LogP contribution < -0.4 is 0 Å². The molecule has 1 aliphatic carbocycles. The van der Waals surface area contributed by atoms with Gasteiger partial charge in [-0.1, -0.05) is 54.6 Å². The van der Waals surface area contributed by atoms with Gasteiger partial charge in [0.2, 0.25) is 0 Å². The summed E-state index contributed by atoms with van der Waals surface area (Å²) >= 11 is 0. The van der Waals surface area contributed by atoms with Gasteiger partial charge in [0.25, 0.3) is 11.8 Å². The predicted molar refractivity (Wildman–Crippen MR) is 89.4 cm³/mol. The van der Waals surface area contributed by atoms with E-state index in [1.807, 2.05) is 36.4 Å². The molecular weight excluding hydrogens is 286 g/mol. The van der Waals surface area contributed by atoms with E-state index in [1.165, 1.54) is 11.0 Å². The fraction of sp³-hybridized carbons (Fsp3) is 0.100. The van der Waals surface area contributed by atoms with Gasteiger partial charge in [-0.3, -0.25) is 14.5 Å². The summed E-state index contributed by atoms with van der Waals surface area (Å²) in [4.78, 5) is 25.8. The van der Waals surface area contributed by atoms with Gasteiger partial charge in [-0.05, 0) is 40.3 Å². The Hall–Kier alpha value is -2.94. The van der Waals surface area contributed by atoms with Gasteiger partial charge in [-0.25, -0.2) is 0 Å². The van der Waals surface area contributed by atoms with E-state index in [9.17, 15) is 9.59 Å². The SMILES string of the molecule is O=C1C=CCCN1C(=O)C=C1c2ccccc2-c2ccccc21. The van der Waals surface area contributed by atoms with Gasteiger partial charge in [0.05, 0.1) is 0 Å². The molecule has 4 rings (SSSR count). The van der Waals surface area contributed by atoms with E-state index in [2.05, 4.69) is 12.1 Å². The number of benzene rings is 2. The third kappa shape index (κ3) is 2.21. The average Bonchev–Trinajstić information content (AvgIpc) is 2.90. The molecule has 2 aliphatic rings. The molecule has 0 spiro atoms. The van der Waals surface area contributed by atoms with Crippen molar-refractivity contribution >= 4 is 17.4 Å². The molecule has 1 heterocycles. The lowest BCUT2D eigenvalue weighted by atomic mass is 10.0. The Morgan fingerprint density at radius 1 is 0.913 bits per heavy atom. The number of carbonyl (C=O) groups excluding carboxylic acids is 2. The lowest BCUT2D eigenvalue weighted by Crippen LogP contribution is -2.37. The van der Waals surface area contributed by atoms with Crippen LogP contribution in [0, 0.1) is 0 Å². The van der Waals surface area contributed by atoms with Crippen molar-refractivity contribution in [1.82, 2.24) is 4.90 Å². The van der Waals surface area contributed by atoms with Crippen LogP contribution in [0.15, 0.2) is 66.8 Å². The zero-order chi connectivity index (χ0) is 15.8. The van der Waals surface area contributed by atoms with E-state index < -0.39 is 0 Å². The van der Waals surface area contributed by atoms with Crippen molar-refractivity contribution in [3.05, 3.63) is 77.9 Å². The Balaban J connectivity index is 1.81. The van der Waals surface area contributed by atoms with Crippen molar-refractivity contribution in [3.8, 4) is 11.1 Å². The van der Waals surface area contributed by atoms with Crippen molar-refractivity contribution in [2.75, 3.05) is 6.54 Å². The van der Waals surface area contributed by atoms with E-state index in [0.717, 1.165) is 27.8 Å². The molecule has 2 aromatic carbocycles. The minimum atomic E-state index is -0.249. The Kier molecular flexibility index (Phi) is 3.19. The van der Waals surface area contributed by atoms with Gasteiger partial charge < -0.3 is 0 Å². The highest BCUT2D eigenvalue weighted by molar-refractivity contribution is 6.12. The summed E-state index contributed by atoms with van der Waals surface area (Å²) in [6.45, 7) is 0.446. The fourth-order valence-electron chi connectivity index (χ4n) is 3.21. The van der Waals surface area contributed by atoms with Gasteiger partial charge in [-0.15, -0.1) is 0 Å². The second-order valence-electron chi connectivity index (χ2n) is 5.67. The van der Waals surface area contributed by atoms with Crippen LogP contribution in [-0.2, 0) is 9.59 Å². The van der Waals surface area contributed by atoms with E-state index in [1.54, 1.807) is 12.2 Å². The summed E-state index contributed by atoms with van der Waals surface area (Å²) in [5, 5.41) is 0. The maximum atomic E-state index is 12.6. The van der Waals surface area contributed by atoms with E-state index >= 15 is 0 Å². The zero-order valence-corrected chi connectivity index (χ0v) is 12.5. The topological polar surface area (TPSA) is 37.4 Å². The maximum absolute atomic E-state index is 12.6. The van der Waals surface area contributed by atoms with Crippen LogP contribution in [0.2, 0.25) is 0 Å². The highest BCUT2D eigenvalue weighted by Gasteiger charge is 2.26. The number of amides is 2. The van der Waals surface area contributed by atoms with Crippen LogP contribution in [0.25, 0.3) is 16.7 Å². The van der Waals surface area contributed by atoms with Crippen molar-refractivity contribution in [1.29, 1.82) is 0 Å². The summed E-state index contributed by atoms with van der Waals surface area (Å²) in [7, 11) is 0. The van der Waals surface area contributed by atoms with Crippen molar-refractivity contribution in [3.63, 3.8) is 0 Å². The molecule has 3 nitrogen and oxygen atoms in total. The van der Waals surface area contributed by atoms with Gasteiger partial charge in [0, 0.05) is 12.6 Å². The molecule has 0 saturated heterocycles. The number of carbonyl (C=O) groups is 2. The highest BCUT2D eigenvalue weighted by Crippen LogP contribution is 2.43. The summed E-state index contributed by atoms with van der Waals surface area (Å²) in [6, 6.07) is 16.1. The molecule has 0 aromatic heterocycles. The summed E-state index contributed by atoms with van der Waals surface area (Å²) in [5.74, 6) is -0.487. The van der Waals surface area contributed by atoms with Gasteiger partial charge in [-0.2, -0.15) is 0 Å². The number of nitrogens with zero attached hydrogens (tertiary/aromatic N) is 1. The van der Waals surface area contributed by atoms with Crippen LogP contribution in [0.1, 0.15) is 17.5 Å². The quantitative estimate of drug-likeness (QED) is 0.646. The Bertz CT molecular complexity index is 829. The lowest BCUT2D eigenvalue weighted by molar-refractivity contribution is -0.139. The van der Waals surface area contributed by atoms with Gasteiger partial charge in [0.1, 0.15) is 0 Å². The first kappa shape index (κ1) is 13.7. The molecular formula is C20H15NO2. The number of hydrogen-bond donors (Lipinski definition) is 0. The predicted octanol–water partition coefficient (Wildman–Crippen LogP) is 3.41. The zero-order valence-electron chi connectivity index (χ0n) is 12.5. The minimum absolute atomic E-state index is 0.238. The molecule has 0 unspecified atom stereocenters. The van der Waals surface area contributed by atoms with Crippen molar-refractivity contribution in [2.24, 2.45) is 0 Å². The smallest absolute Gasteiger partial charge is 0.254 e. The van der Waals surface area contributed by atoms with Crippen LogP contribution in [0.4, 0.5) is 0 Å². The molecule has 1 aliphatic heterocycles. The molecule has 0 atom stereocenters. The molecule has 23 heavy (non-hydrogen) atoms. The molecule has 0 N–H and O–H groups in total. The molecule has 2 amide bonds. The first-order valence-electron chi connectivity index (χ1n) is 7.68. The third-order valence-corrected chi connectivity index (χ3v) is 4.30. The summed E-state index contributed by atoms with van der Waals surface area (Å²) in [6.07, 6.45) is 5.59. The van der Waals surface area contributed by atoms with Crippen LogP contribution in [0.3, 0.4) is 0 Å². The largest absolute Gasteiger partial charge is 0.275 e. The average molecular weight is 301 g/mol. The Labute approximate surface area is 134 Å². The first-order valence-corrected chi connectivity index (χ1v) is 7.68. The molecule has 0 fully saturated rings. The van der Waals surface area contributed by atoms with Crippen LogP contribution in [0.5, 0.6) is 0 Å². The van der Waals surface area contributed by atoms with Gasteiger partial charge in [0.15, 0.2) is 0 Å². The first-order chi connectivity index (χ1) is 11.3. The van der Waals surface area contributed by atoms with E-state index in [-0.39, 0.29) is 11.8 Å². The second kappa shape index (κ2) is 5.36. The van der Waals surface area contributed by atoms with Gasteiger partial charge >= 0.3 is 0 Å². The molecule has 2 aromatic rings.